The highest BCUT2D eigenvalue weighted by Gasteiger charge is 2.27. The average molecular weight is 513 g/mol. The molecular weight excluding hydrogens is 484 g/mol. The molecule has 0 saturated heterocycles. The average Bonchev–Trinajstić information content (AvgIpc) is 3.55. The van der Waals surface area contributed by atoms with Gasteiger partial charge in [0.15, 0.2) is 5.65 Å². The quantitative estimate of drug-likeness (QED) is 0.302. The zero-order valence-corrected chi connectivity index (χ0v) is 21.4. The zero-order chi connectivity index (χ0) is 26.5. The van der Waals surface area contributed by atoms with Crippen LogP contribution in [0.1, 0.15) is 40.3 Å². The Balaban J connectivity index is 1.57. The lowest BCUT2D eigenvalue weighted by Crippen LogP contribution is -2.16. The van der Waals surface area contributed by atoms with Crippen molar-refractivity contribution in [3.05, 3.63) is 89.8 Å². The molecule has 0 fully saturated rings. The minimum atomic E-state index is -0.435. The number of nitrogens with zero attached hydrogens (tertiary/aromatic N) is 7. The first-order valence-electron chi connectivity index (χ1n) is 12.2. The molecule has 0 spiro atoms. The summed E-state index contributed by atoms with van der Waals surface area (Å²) in [6.07, 6.45) is 3.31. The summed E-state index contributed by atoms with van der Waals surface area (Å²) in [6, 6.07) is 17.7. The van der Waals surface area contributed by atoms with Crippen LogP contribution in [0, 0.1) is 0 Å². The first-order valence-corrected chi connectivity index (χ1v) is 12.2. The Morgan fingerprint density at radius 2 is 1.87 bits per heavy atom. The molecule has 11 nitrogen and oxygen atoms in total. The van der Waals surface area contributed by atoms with Gasteiger partial charge < -0.3 is 14.0 Å². The van der Waals surface area contributed by atoms with Crippen molar-refractivity contribution in [3.63, 3.8) is 0 Å². The molecule has 0 radical (unpaired) electrons. The summed E-state index contributed by atoms with van der Waals surface area (Å²) < 4.78 is 14.2. The summed E-state index contributed by atoms with van der Waals surface area (Å²) in [6.45, 7) is 3.65. The number of hydrogen-bond acceptors (Lipinski definition) is 8. The zero-order valence-electron chi connectivity index (χ0n) is 21.4. The number of anilines is 1. The number of benzene rings is 1. The Labute approximate surface area is 219 Å². The van der Waals surface area contributed by atoms with Crippen LogP contribution >= 0.6 is 0 Å². The van der Waals surface area contributed by atoms with Crippen LogP contribution in [0.15, 0.2) is 67.1 Å². The predicted molar refractivity (Wildman–Crippen MR) is 141 cm³/mol. The molecule has 4 aromatic heterocycles. The number of aromatic nitrogens is 7. The van der Waals surface area contributed by atoms with Crippen LogP contribution in [0.3, 0.4) is 0 Å². The van der Waals surface area contributed by atoms with Gasteiger partial charge in [-0.1, -0.05) is 36.4 Å². The number of carbonyl (C=O) groups excluding carboxylic acids is 1. The maximum absolute atomic E-state index is 13.3. The van der Waals surface area contributed by atoms with Gasteiger partial charge in [0.2, 0.25) is 11.8 Å². The minimum Gasteiger partial charge on any atom is -0.480 e. The highest BCUT2D eigenvalue weighted by Crippen LogP contribution is 2.33. The van der Waals surface area contributed by atoms with Gasteiger partial charge in [0.05, 0.1) is 37.4 Å². The van der Waals surface area contributed by atoms with Gasteiger partial charge >= 0.3 is 0 Å². The molecule has 38 heavy (non-hydrogen) atoms. The first-order chi connectivity index (χ1) is 18.6. The molecule has 1 aromatic carbocycles. The van der Waals surface area contributed by atoms with Gasteiger partial charge in [0, 0.05) is 19.9 Å². The smallest absolute Gasteiger partial charge is 0.263 e. The van der Waals surface area contributed by atoms with E-state index in [1.54, 1.807) is 24.1 Å². The van der Waals surface area contributed by atoms with Gasteiger partial charge in [0.1, 0.15) is 17.7 Å². The van der Waals surface area contributed by atoms with E-state index in [1.807, 2.05) is 43.3 Å². The van der Waals surface area contributed by atoms with Crippen molar-refractivity contribution in [2.75, 3.05) is 26.1 Å². The third kappa shape index (κ3) is 4.96. The molecule has 0 aliphatic carbocycles. The molecule has 1 amide bonds. The number of methoxy groups -OCH3 is 2. The second-order valence-corrected chi connectivity index (χ2v) is 8.48. The number of nitrogens with one attached hydrogen (secondary N) is 1. The molecule has 0 bridgehead atoms. The largest absolute Gasteiger partial charge is 0.480 e. The van der Waals surface area contributed by atoms with E-state index >= 15 is 0 Å². The van der Waals surface area contributed by atoms with E-state index in [4.69, 9.17) is 14.5 Å². The second-order valence-electron chi connectivity index (χ2n) is 8.48. The van der Waals surface area contributed by atoms with Gasteiger partial charge in [-0.05, 0) is 30.7 Å². The molecule has 4 heterocycles. The van der Waals surface area contributed by atoms with E-state index in [-0.39, 0.29) is 23.3 Å². The monoisotopic (exact) mass is 512 g/mol. The van der Waals surface area contributed by atoms with Gasteiger partial charge in [-0.3, -0.25) is 15.1 Å². The fourth-order valence-corrected chi connectivity index (χ4v) is 4.38. The SMILES string of the molecule is CCn1c(C(c2ccccc2)c2ccccn2)nc2nc(OC)c(C(=O)Nc3ncn(CCOC)n3)cc21. The standard InChI is InChI=1S/C27H28N8O3/c1-4-35-21-16-19(25(36)32-27-29-17-34(33-27)14-15-37-2)26(38-3)31-23(21)30-24(35)22(18-10-6-5-7-11-18)20-12-8-9-13-28-20/h5-13,16-17,22H,4,14-15H2,1-3H3,(H,32,33,36). The highest BCUT2D eigenvalue weighted by atomic mass is 16.5. The van der Waals surface area contributed by atoms with Crippen molar-refractivity contribution >= 4 is 23.0 Å². The van der Waals surface area contributed by atoms with Crippen molar-refractivity contribution in [3.8, 4) is 5.88 Å². The maximum atomic E-state index is 13.3. The number of amides is 1. The fourth-order valence-electron chi connectivity index (χ4n) is 4.38. The highest BCUT2D eigenvalue weighted by molar-refractivity contribution is 6.06. The molecule has 11 heteroatoms. The summed E-state index contributed by atoms with van der Waals surface area (Å²) in [5.74, 6) is 0.455. The Kier molecular flexibility index (Phi) is 7.36. The first kappa shape index (κ1) is 25.0. The minimum absolute atomic E-state index is 0.162. The Hall–Kier alpha value is -4.64. The lowest BCUT2D eigenvalue weighted by molar-refractivity contribution is 0.102. The van der Waals surface area contributed by atoms with Crippen LogP contribution in [0.5, 0.6) is 5.88 Å². The van der Waals surface area contributed by atoms with Crippen LogP contribution in [-0.4, -0.2) is 61.0 Å². The number of carbonyl (C=O) groups is 1. The molecule has 5 aromatic rings. The second kappa shape index (κ2) is 11.2. The van der Waals surface area contributed by atoms with E-state index in [2.05, 4.69) is 42.1 Å². The third-order valence-electron chi connectivity index (χ3n) is 6.15. The molecular formula is C27H28N8O3. The number of ether oxygens (including phenoxy) is 2. The number of imidazole rings is 1. The van der Waals surface area contributed by atoms with E-state index < -0.39 is 5.91 Å². The van der Waals surface area contributed by atoms with Crippen LogP contribution in [-0.2, 0) is 17.8 Å². The number of rotatable bonds is 10. The Morgan fingerprint density at radius 3 is 2.58 bits per heavy atom. The van der Waals surface area contributed by atoms with E-state index in [0.717, 1.165) is 17.1 Å². The normalized spacial score (nSPS) is 12.0. The van der Waals surface area contributed by atoms with Gasteiger partial charge in [-0.2, -0.15) is 4.98 Å². The molecule has 0 aliphatic rings. The van der Waals surface area contributed by atoms with Crippen molar-refractivity contribution in [2.24, 2.45) is 0 Å². The molecule has 1 atom stereocenters. The molecule has 1 N–H and O–H groups in total. The number of hydrogen-bond donors (Lipinski definition) is 1. The van der Waals surface area contributed by atoms with Gasteiger partial charge in [-0.25, -0.2) is 14.6 Å². The van der Waals surface area contributed by atoms with Crippen molar-refractivity contribution in [1.29, 1.82) is 0 Å². The van der Waals surface area contributed by atoms with E-state index in [1.165, 1.54) is 13.4 Å². The van der Waals surface area contributed by atoms with Gasteiger partial charge in [-0.15, -0.1) is 5.10 Å². The maximum Gasteiger partial charge on any atom is 0.263 e. The number of fused-ring (bicyclic) bond motifs is 1. The Bertz CT molecular complexity index is 1490. The lowest BCUT2D eigenvalue weighted by atomic mass is 9.94. The van der Waals surface area contributed by atoms with Crippen LogP contribution in [0.25, 0.3) is 11.2 Å². The van der Waals surface area contributed by atoms with Crippen molar-refractivity contribution in [1.82, 2.24) is 34.3 Å². The molecule has 0 saturated carbocycles. The third-order valence-corrected chi connectivity index (χ3v) is 6.15. The summed E-state index contributed by atoms with van der Waals surface area (Å²) in [7, 11) is 3.08. The van der Waals surface area contributed by atoms with E-state index in [0.29, 0.717) is 30.9 Å². The topological polar surface area (TPSA) is 122 Å². The molecule has 194 valence electrons. The number of pyridine rings is 2. The summed E-state index contributed by atoms with van der Waals surface area (Å²) in [4.78, 5) is 31.6. The molecule has 0 aliphatic heterocycles. The van der Waals surface area contributed by atoms with Gasteiger partial charge in [0.25, 0.3) is 5.91 Å². The fraction of sp³-hybridized carbons (Fsp3) is 0.259. The summed E-state index contributed by atoms with van der Waals surface area (Å²) in [5.41, 5.74) is 3.36. The summed E-state index contributed by atoms with van der Waals surface area (Å²) in [5, 5.41) is 7.00. The van der Waals surface area contributed by atoms with Crippen LogP contribution < -0.4 is 10.1 Å². The number of aryl methyl sites for hydroxylation is 1. The lowest BCUT2D eigenvalue weighted by Gasteiger charge is -2.18. The van der Waals surface area contributed by atoms with E-state index in [9.17, 15) is 4.79 Å². The van der Waals surface area contributed by atoms with Crippen LogP contribution in [0.2, 0.25) is 0 Å². The Morgan fingerprint density at radius 1 is 1.05 bits per heavy atom. The molecule has 1 unspecified atom stereocenters. The predicted octanol–water partition coefficient (Wildman–Crippen LogP) is 3.53. The van der Waals surface area contributed by atoms with Crippen LogP contribution in [0.4, 0.5) is 5.95 Å². The molecule has 5 rings (SSSR count). The van der Waals surface area contributed by atoms with Crippen molar-refractivity contribution in [2.45, 2.75) is 25.9 Å². The van der Waals surface area contributed by atoms with Crippen molar-refractivity contribution < 1.29 is 14.3 Å². The summed E-state index contributed by atoms with van der Waals surface area (Å²) >= 11 is 0.